The van der Waals surface area contributed by atoms with E-state index in [0.29, 0.717) is 36.7 Å². The number of fused-ring (bicyclic) bond motifs is 5. The third-order valence-corrected chi connectivity index (χ3v) is 11.1. The number of hydrogen-bond donors (Lipinski definition) is 1. The highest BCUT2D eigenvalue weighted by molar-refractivity contribution is 5.67. The Labute approximate surface area is 224 Å². The van der Waals surface area contributed by atoms with Crippen molar-refractivity contribution in [1.82, 2.24) is 0 Å². The van der Waals surface area contributed by atoms with E-state index in [0.717, 1.165) is 44.1 Å². The van der Waals surface area contributed by atoms with Crippen molar-refractivity contribution < 1.29 is 24.2 Å². The van der Waals surface area contributed by atoms with Crippen molar-refractivity contribution in [3.8, 4) is 0 Å². The molecule has 4 rings (SSSR count). The second-order valence-corrected chi connectivity index (χ2v) is 13.4. The van der Waals surface area contributed by atoms with E-state index in [1.165, 1.54) is 32.3 Å². The van der Waals surface area contributed by atoms with Crippen LogP contribution in [0.2, 0.25) is 0 Å². The molecule has 9 atom stereocenters. The zero-order chi connectivity index (χ0) is 27.1. The largest absolute Gasteiger partial charge is 0.465 e. The van der Waals surface area contributed by atoms with Crippen LogP contribution in [0.5, 0.6) is 0 Å². The predicted octanol–water partition coefficient (Wildman–Crippen LogP) is 6.64. The van der Waals surface area contributed by atoms with E-state index < -0.39 is 6.10 Å². The molecule has 0 aliphatic heterocycles. The SMILES string of the molecule is C=C(CC[C@@H](C)[C@H]1CCC2C3C(CC[C@@]21C)[C@@]1(COC(C)=O)CC[C@H](O)CC1=C[C@@H]3OC(C)=O)C(C)C. The molecule has 3 saturated carbocycles. The van der Waals surface area contributed by atoms with Gasteiger partial charge in [0.2, 0.25) is 0 Å². The third kappa shape index (κ3) is 5.31. The lowest BCUT2D eigenvalue weighted by Gasteiger charge is -2.60. The van der Waals surface area contributed by atoms with Crippen LogP contribution in [0, 0.1) is 46.3 Å². The third-order valence-electron chi connectivity index (χ3n) is 11.1. The highest BCUT2D eigenvalue weighted by Crippen LogP contribution is 2.67. The molecule has 0 bridgehead atoms. The van der Waals surface area contributed by atoms with E-state index >= 15 is 0 Å². The van der Waals surface area contributed by atoms with Gasteiger partial charge >= 0.3 is 11.9 Å². The van der Waals surface area contributed by atoms with Crippen molar-refractivity contribution in [3.05, 3.63) is 23.8 Å². The summed E-state index contributed by atoms with van der Waals surface area (Å²) >= 11 is 0. The normalized spacial score (nSPS) is 39.6. The number of aliphatic hydroxyl groups excluding tert-OH is 1. The maximum atomic E-state index is 12.3. The lowest BCUT2D eigenvalue weighted by atomic mass is 9.46. The molecule has 0 amide bonds. The Morgan fingerprint density at radius 3 is 2.46 bits per heavy atom. The van der Waals surface area contributed by atoms with E-state index in [9.17, 15) is 14.7 Å². The Morgan fingerprint density at radius 2 is 1.81 bits per heavy atom. The molecule has 1 N–H and O–H groups in total. The van der Waals surface area contributed by atoms with Crippen LogP contribution in [-0.4, -0.2) is 35.9 Å². The molecule has 3 unspecified atom stereocenters. The summed E-state index contributed by atoms with van der Waals surface area (Å²) < 4.78 is 11.8. The number of aliphatic hydroxyl groups is 1. The maximum absolute atomic E-state index is 12.3. The first-order chi connectivity index (χ1) is 17.4. The quantitative estimate of drug-likeness (QED) is 0.290. The second-order valence-electron chi connectivity index (χ2n) is 13.4. The number of carbonyl (C=O) groups is 2. The van der Waals surface area contributed by atoms with Crippen molar-refractivity contribution in [2.24, 2.45) is 46.3 Å². The minimum Gasteiger partial charge on any atom is -0.465 e. The van der Waals surface area contributed by atoms with Gasteiger partial charge in [-0.3, -0.25) is 9.59 Å². The van der Waals surface area contributed by atoms with Gasteiger partial charge < -0.3 is 14.6 Å². The molecule has 0 heterocycles. The number of esters is 2. The first kappa shape index (κ1) is 28.4. The van der Waals surface area contributed by atoms with Gasteiger partial charge in [0.05, 0.1) is 6.10 Å². The second kappa shape index (κ2) is 10.9. The molecule has 0 aromatic heterocycles. The minimum atomic E-state index is -0.391. The van der Waals surface area contributed by atoms with Crippen LogP contribution in [0.1, 0.15) is 99.3 Å². The highest BCUT2D eigenvalue weighted by atomic mass is 16.5. The predicted molar refractivity (Wildman–Crippen MR) is 145 cm³/mol. The molecule has 5 nitrogen and oxygen atoms in total. The Kier molecular flexibility index (Phi) is 8.34. The number of carbonyl (C=O) groups excluding carboxylic acids is 2. The summed E-state index contributed by atoms with van der Waals surface area (Å²) in [6.45, 7) is 17.1. The highest BCUT2D eigenvalue weighted by Gasteiger charge is 2.63. The standard InChI is InChI=1S/C32H50O5/c1-19(2)20(3)8-9-21(4)26-10-11-27-30-28(13-14-31(26,27)7)32(18-36-22(5)33)15-12-25(35)16-24(32)17-29(30)37-23(6)34/h17,19,21,25-30,35H,3,8-16,18H2,1-2,4-7H3/t21-,25+,26-,27?,28?,29+,30?,31-,32-/m1/s1. The summed E-state index contributed by atoms with van der Waals surface area (Å²) in [4.78, 5) is 24.2. The van der Waals surface area contributed by atoms with Crippen molar-refractivity contribution in [1.29, 1.82) is 0 Å². The Balaban J connectivity index is 1.66. The number of ether oxygens (including phenoxy) is 2. The van der Waals surface area contributed by atoms with Gasteiger partial charge in [-0.15, -0.1) is 0 Å². The molecule has 0 spiro atoms. The first-order valence-electron chi connectivity index (χ1n) is 14.8. The lowest BCUT2D eigenvalue weighted by Crippen LogP contribution is -2.57. The smallest absolute Gasteiger partial charge is 0.303 e. The van der Waals surface area contributed by atoms with Crippen LogP contribution in [0.25, 0.3) is 0 Å². The summed E-state index contributed by atoms with van der Waals surface area (Å²) in [5.74, 6) is 2.29. The molecular weight excluding hydrogens is 464 g/mol. The summed E-state index contributed by atoms with van der Waals surface area (Å²) in [5, 5.41) is 10.6. The summed E-state index contributed by atoms with van der Waals surface area (Å²) in [6, 6.07) is 0. The van der Waals surface area contributed by atoms with Crippen LogP contribution in [0.15, 0.2) is 23.8 Å². The molecular formula is C32H50O5. The van der Waals surface area contributed by atoms with Crippen LogP contribution >= 0.6 is 0 Å². The monoisotopic (exact) mass is 514 g/mol. The lowest BCUT2D eigenvalue weighted by molar-refractivity contribution is -0.165. The average molecular weight is 515 g/mol. The topological polar surface area (TPSA) is 72.8 Å². The van der Waals surface area contributed by atoms with E-state index in [1.807, 2.05) is 0 Å². The van der Waals surface area contributed by atoms with E-state index in [2.05, 4.69) is 40.3 Å². The van der Waals surface area contributed by atoms with Gasteiger partial charge in [-0.25, -0.2) is 0 Å². The van der Waals surface area contributed by atoms with Crippen molar-refractivity contribution in [2.45, 2.75) is 112 Å². The van der Waals surface area contributed by atoms with Gasteiger partial charge in [-0.1, -0.05) is 45.4 Å². The van der Waals surface area contributed by atoms with Gasteiger partial charge in [0.25, 0.3) is 0 Å². The Morgan fingerprint density at radius 1 is 1.08 bits per heavy atom. The molecule has 5 heteroatoms. The zero-order valence-electron chi connectivity index (χ0n) is 24.1. The molecule has 0 saturated heterocycles. The van der Waals surface area contributed by atoms with Gasteiger partial charge in [-0.2, -0.15) is 0 Å². The average Bonchev–Trinajstić information content (AvgIpc) is 3.18. The summed E-state index contributed by atoms with van der Waals surface area (Å²) in [6.07, 6.45) is 10.5. The fourth-order valence-corrected chi connectivity index (χ4v) is 9.09. The van der Waals surface area contributed by atoms with Crippen LogP contribution < -0.4 is 0 Å². The van der Waals surface area contributed by atoms with Gasteiger partial charge in [0, 0.05) is 25.2 Å². The molecule has 208 valence electrons. The van der Waals surface area contributed by atoms with E-state index in [4.69, 9.17) is 9.47 Å². The molecule has 4 aliphatic rings. The van der Waals surface area contributed by atoms with Crippen molar-refractivity contribution in [3.63, 3.8) is 0 Å². The van der Waals surface area contributed by atoms with Crippen molar-refractivity contribution in [2.75, 3.05) is 6.61 Å². The molecule has 4 aliphatic carbocycles. The van der Waals surface area contributed by atoms with Gasteiger partial charge in [0.15, 0.2) is 0 Å². The zero-order valence-corrected chi connectivity index (χ0v) is 24.1. The summed E-state index contributed by atoms with van der Waals surface area (Å²) in [7, 11) is 0. The molecule has 0 radical (unpaired) electrons. The fourth-order valence-electron chi connectivity index (χ4n) is 9.09. The molecule has 37 heavy (non-hydrogen) atoms. The number of hydrogen-bond acceptors (Lipinski definition) is 5. The molecule has 0 aromatic carbocycles. The van der Waals surface area contributed by atoms with Crippen LogP contribution in [0.3, 0.4) is 0 Å². The Bertz CT molecular complexity index is 920. The Hall–Kier alpha value is -1.62. The number of rotatable bonds is 8. The number of allylic oxidation sites excluding steroid dienone is 1. The fraction of sp³-hybridized carbons (Fsp3) is 0.812. The van der Waals surface area contributed by atoms with Gasteiger partial charge in [-0.05, 0) is 98.9 Å². The van der Waals surface area contributed by atoms with E-state index in [-0.39, 0.29) is 40.7 Å². The van der Waals surface area contributed by atoms with Gasteiger partial charge in [0.1, 0.15) is 12.7 Å². The van der Waals surface area contributed by atoms with Crippen molar-refractivity contribution >= 4 is 11.9 Å². The van der Waals surface area contributed by atoms with E-state index in [1.54, 1.807) is 0 Å². The van der Waals surface area contributed by atoms with Crippen LogP contribution in [0.4, 0.5) is 0 Å². The molecule has 3 fully saturated rings. The van der Waals surface area contributed by atoms with Crippen LogP contribution in [-0.2, 0) is 19.1 Å². The molecule has 0 aromatic rings. The summed E-state index contributed by atoms with van der Waals surface area (Å²) in [5.41, 5.74) is 2.44. The first-order valence-corrected chi connectivity index (χ1v) is 14.8. The maximum Gasteiger partial charge on any atom is 0.303 e. The minimum absolute atomic E-state index is 0.209.